The molecule has 20 heavy (non-hydrogen) atoms. The SMILES string of the molecule is O=C(O)/C(=C(\C(=O)O)[C@H]1CC[C@@H](O)CC1)C1CCCC1. The minimum Gasteiger partial charge on any atom is -0.478 e. The fourth-order valence-electron chi connectivity index (χ4n) is 3.60. The molecule has 3 N–H and O–H groups in total. The van der Waals surface area contributed by atoms with Crippen molar-refractivity contribution >= 4 is 11.9 Å². The van der Waals surface area contributed by atoms with Gasteiger partial charge in [0.2, 0.25) is 0 Å². The zero-order valence-corrected chi connectivity index (χ0v) is 11.5. The molecule has 5 heteroatoms. The summed E-state index contributed by atoms with van der Waals surface area (Å²) in [5.41, 5.74) is 0.215. The Morgan fingerprint density at radius 1 is 0.700 bits per heavy atom. The van der Waals surface area contributed by atoms with Crippen LogP contribution in [0, 0.1) is 11.8 Å². The molecule has 0 aliphatic heterocycles. The number of aliphatic hydroxyl groups is 1. The molecule has 0 spiro atoms. The van der Waals surface area contributed by atoms with Crippen LogP contribution in [0.4, 0.5) is 0 Å². The third-order valence-corrected chi connectivity index (χ3v) is 4.62. The molecule has 2 aliphatic rings. The normalized spacial score (nSPS) is 29.1. The molecule has 2 rings (SSSR count). The van der Waals surface area contributed by atoms with Crippen LogP contribution in [0.1, 0.15) is 51.4 Å². The van der Waals surface area contributed by atoms with Crippen molar-refractivity contribution in [3.63, 3.8) is 0 Å². The fraction of sp³-hybridized carbons (Fsp3) is 0.733. The predicted molar refractivity (Wildman–Crippen MR) is 72.2 cm³/mol. The minimum atomic E-state index is -1.10. The van der Waals surface area contributed by atoms with Crippen molar-refractivity contribution in [3.05, 3.63) is 11.1 Å². The minimum absolute atomic E-state index is 0.0938. The molecule has 0 aromatic carbocycles. The van der Waals surface area contributed by atoms with Crippen LogP contribution in [0.15, 0.2) is 11.1 Å². The number of carboxylic acid groups (broad SMARTS) is 2. The molecule has 2 fully saturated rings. The van der Waals surface area contributed by atoms with Gasteiger partial charge < -0.3 is 15.3 Å². The number of hydrogen-bond donors (Lipinski definition) is 3. The molecule has 0 bridgehead atoms. The third-order valence-electron chi connectivity index (χ3n) is 4.62. The molecule has 0 aromatic heterocycles. The van der Waals surface area contributed by atoms with Crippen LogP contribution in [-0.4, -0.2) is 33.4 Å². The summed E-state index contributed by atoms with van der Waals surface area (Å²) in [6, 6.07) is 0. The van der Waals surface area contributed by atoms with Crippen molar-refractivity contribution in [2.24, 2.45) is 11.8 Å². The van der Waals surface area contributed by atoms with Crippen molar-refractivity contribution < 1.29 is 24.9 Å². The van der Waals surface area contributed by atoms with E-state index in [2.05, 4.69) is 0 Å². The molecule has 2 saturated carbocycles. The molecule has 0 saturated heterocycles. The van der Waals surface area contributed by atoms with Crippen molar-refractivity contribution in [2.75, 3.05) is 0 Å². The lowest BCUT2D eigenvalue weighted by atomic mass is 9.78. The molecule has 0 unspecified atom stereocenters. The monoisotopic (exact) mass is 282 g/mol. The first-order valence-corrected chi connectivity index (χ1v) is 7.39. The van der Waals surface area contributed by atoms with Gasteiger partial charge in [-0.1, -0.05) is 12.8 Å². The average Bonchev–Trinajstić information content (AvgIpc) is 2.89. The summed E-state index contributed by atoms with van der Waals surface area (Å²) in [4.78, 5) is 23.2. The topological polar surface area (TPSA) is 94.8 Å². The molecule has 5 nitrogen and oxygen atoms in total. The van der Waals surface area contributed by atoms with Crippen molar-refractivity contribution in [1.29, 1.82) is 0 Å². The van der Waals surface area contributed by atoms with E-state index in [4.69, 9.17) is 0 Å². The Bertz CT molecular complexity index is 412. The third kappa shape index (κ3) is 3.20. The van der Waals surface area contributed by atoms with Crippen molar-refractivity contribution in [3.8, 4) is 0 Å². The first-order valence-electron chi connectivity index (χ1n) is 7.39. The molecule has 0 radical (unpaired) electrons. The van der Waals surface area contributed by atoms with Crippen LogP contribution in [0.5, 0.6) is 0 Å². The summed E-state index contributed by atoms with van der Waals surface area (Å²) in [7, 11) is 0. The summed E-state index contributed by atoms with van der Waals surface area (Å²) in [5.74, 6) is -2.54. The van der Waals surface area contributed by atoms with Crippen molar-refractivity contribution in [1.82, 2.24) is 0 Å². The quantitative estimate of drug-likeness (QED) is 0.687. The van der Waals surface area contributed by atoms with Gasteiger partial charge in [-0.3, -0.25) is 0 Å². The first kappa shape index (κ1) is 15.0. The van der Waals surface area contributed by atoms with Gasteiger partial charge in [-0.05, 0) is 50.4 Å². The maximum Gasteiger partial charge on any atom is 0.332 e. The van der Waals surface area contributed by atoms with Gasteiger partial charge >= 0.3 is 11.9 Å². The van der Waals surface area contributed by atoms with Crippen LogP contribution in [0.2, 0.25) is 0 Å². The predicted octanol–water partition coefficient (Wildman–Crippen LogP) is 2.19. The van der Waals surface area contributed by atoms with Gasteiger partial charge in [0.1, 0.15) is 0 Å². The second-order valence-electron chi connectivity index (χ2n) is 5.92. The van der Waals surface area contributed by atoms with E-state index in [-0.39, 0.29) is 29.1 Å². The van der Waals surface area contributed by atoms with E-state index >= 15 is 0 Å². The van der Waals surface area contributed by atoms with E-state index in [0.29, 0.717) is 25.7 Å². The number of carboxylic acids is 2. The molecule has 112 valence electrons. The van der Waals surface area contributed by atoms with Gasteiger partial charge in [0, 0.05) is 0 Å². The molecule has 2 aliphatic carbocycles. The fourth-order valence-corrected chi connectivity index (χ4v) is 3.60. The number of carbonyl (C=O) groups is 2. The van der Waals surface area contributed by atoms with E-state index in [1.165, 1.54) is 0 Å². The summed E-state index contributed by atoms with van der Waals surface area (Å²) >= 11 is 0. The summed E-state index contributed by atoms with van der Waals surface area (Å²) in [5, 5.41) is 28.5. The maximum atomic E-state index is 11.6. The highest BCUT2D eigenvalue weighted by Crippen LogP contribution is 2.38. The highest BCUT2D eigenvalue weighted by Gasteiger charge is 2.35. The molecule has 0 atom stereocenters. The number of rotatable bonds is 4. The summed E-state index contributed by atoms with van der Waals surface area (Å²) in [6.45, 7) is 0. The second kappa shape index (κ2) is 6.39. The standard InChI is InChI=1S/C15H22O5/c16-11-7-5-10(6-8-11)13(15(19)20)12(14(17)18)9-3-1-2-4-9/h9-11,16H,1-8H2,(H,17,18)(H,19,20)/b13-12-/t10-,11+. The summed E-state index contributed by atoms with van der Waals surface area (Å²) < 4.78 is 0. The Labute approximate surface area is 118 Å². The van der Waals surface area contributed by atoms with Gasteiger partial charge in [0.25, 0.3) is 0 Å². The van der Waals surface area contributed by atoms with Crippen LogP contribution < -0.4 is 0 Å². The van der Waals surface area contributed by atoms with Crippen LogP contribution in [0.25, 0.3) is 0 Å². The van der Waals surface area contributed by atoms with E-state index in [9.17, 15) is 24.9 Å². The first-order chi connectivity index (χ1) is 9.50. The second-order valence-corrected chi connectivity index (χ2v) is 5.92. The van der Waals surface area contributed by atoms with Crippen LogP contribution >= 0.6 is 0 Å². The largest absolute Gasteiger partial charge is 0.478 e. The lowest BCUT2D eigenvalue weighted by Crippen LogP contribution is -2.27. The smallest absolute Gasteiger partial charge is 0.332 e. The van der Waals surface area contributed by atoms with Gasteiger partial charge in [-0.15, -0.1) is 0 Å². The molecule has 0 amide bonds. The maximum absolute atomic E-state index is 11.6. The Morgan fingerprint density at radius 2 is 1.10 bits per heavy atom. The number of aliphatic carboxylic acids is 2. The lowest BCUT2D eigenvalue weighted by Gasteiger charge is -2.28. The molecular formula is C15H22O5. The number of aliphatic hydroxyl groups excluding tert-OH is 1. The molecular weight excluding hydrogens is 260 g/mol. The van der Waals surface area contributed by atoms with E-state index < -0.39 is 11.9 Å². The Hall–Kier alpha value is -1.36. The average molecular weight is 282 g/mol. The van der Waals surface area contributed by atoms with E-state index in [0.717, 1.165) is 25.7 Å². The Balaban J connectivity index is 2.33. The zero-order valence-electron chi connectivity index (χ0n) is 11.5. The zero-order chi connectivity index (χ0) is 14.7. The van der Waals surface area contributed by atoms with E-state index in [1.54, 1.807) is 0 Å². The lowest BCUT2D eigenvalue weighted by molar-refractivity contribution is -0.137. The summed E-state index contributed by atoms with van der Waals surface area (Å²) in [6.07, 6.45) is 5.34. The Morgan fingerprint density at radius 3 is 1.50 bits per heavy atom. The highest BCUT2D eigenvalue weighted by atomic mass is 16.4. The molecule has 0 aromatic rings. The highest BCUT2D eigenvalue weighted by molar-refractivity contribution is 5.99. The van der Waals surface area contributed by atoms with Crippen LogP contribution in [-0.2, 0) is 9.59 Å². The van der Waals surface area contributed by atoms with E-state index in [1.807, 2.05) is 0 Å². The Kier molecular flexibility index (Phi) is 4.81. The van der Waals surface area contributed by atoms with Gasteiger partial charge in [-0.25, -0.2) is 9.59 Å². The van der Waals surface area contributed by atoms with Gasteiger partial charge in [-0.2, -0.15) is 0 Å². The van der Waals surface area contributed by atoms with Gasteiger partial charge in [0.15, 0.2) is 0 Å². The van der Waals surface area contributed by atoms with Crippen molar-refractivity contribution in [2.45, 2.75) is 57.5 Å². The van der Waals surface area contributed by atoms with Gasteiger partial charge in [0.05, 0.1) is 17.3 Å². The molecule has 0 heterocycles. The number of hydrogen-bond acceptors (Lipinski definition) is 3. The van der Waals surface area contributed by atoms with Crippen LogP contribution in [0.3, 0.4) is 0 Å².